The second kappa shape index (κ2) is 21.9. The van der Waals surface area contributed by atoms with Crippen molar-refractivity contribution in [3.8, 4) is 0 Å². The average molecular weight is 1050 g/mol. The summed E-state index contributed by atoms with van der Waals surface area (Å²) >= 11 is 0. The monoisotopic (exact) mass is 1050 g/mol. The van der Waals surface area contributed by atoms with Crippen LogP contribution in [0, 0.1) is 45.3 Å². The molecule has 8 fully saturated rings. The molecule has 4 heterocycles. The predicted molar refractivity (Wildman–Crippen MR) is 254 cm³/mol. The highest BCUT2D eigenvalue weighted by molar-refractivity contribution is 5.20. The minimum Gasteiger partial charge on any atom is -0.394 e. The van der Waals surface area contributed by atoms with Gasteiger partial charge >= 0.3 is 0 Å². The lowest BCUT2D eigenvalue weighted by molar-refractivity contribution is -0.371. The minimum atomic E-state index is -1.70. The third-order valence-corrected chi connectivity index (χ3v) is 20.1. The summed E-state index contributed by atoms with van der Waals surface area (Å²) in [5.74, 6) is -0.309. The molecule has 0 unspecified atom stereocenters. The third-order valence-electron chi connectivity index (χ3n) is 20.1. The van der Waals surface area contributed by atoms with E-state index in [1.807, 2.05) is 20.8 Å². The number of rotatable bonds is 14. The van der Waals surface area contributed by atoms with E-state index >= 15 is 0 Å². The Morgan fingerprint density at radius 2 is 1.19 bits per heavy atom. The molecule has 8 aliphatic rings. The summed E-state index contributed by atoms with van der Waals surface area (Å²) in [6.07, 6.45) is -19.9. The van der Waals surface area contributed by atoms with Gasteiger partial charge in [-0.1, -0.05) is 46.3 Å². The van der Waals surface area contributed by atoms with Crippen LogP contribution in [0.15, 0.2) is 11.6 Å². The minimum absolute atomic E-state index is 0.0771. The van der Waals surface area contributed by atoms with Crippen LogP contribution in [0.3, 0.4) is 0 Å². The van der Waals surface area contributed by atoms with Crippen LogP contribution in [0.1, 0.15) is 113 Å². The summed E-state index contributed by atoms with van der Waals surface area (Å²) < 4.78 is 48.6. The van der Waals surface area contributed by atoms with Gasteiger partial charge in [0.1, 0.15) is 85.5 Å². The standard InChI is InChI=1S/C52H88O21/c1-23(2)10-9-14-52(8,73-46-42(65)38(61)37(60)29(70-46)22-68-44-40(63)34(57)26(55)20-66-44)24-11-16-51(7)33(24)25(54)18-31-49(5)15-13-32(48(3,4)30(49)12-17-50(31,51)6)71-47-43(39(62)36(59)28(19-53)69-47)72-45-41(64)35(58)27(56)21-67-45/h10,24-47,53-65H,9,11-22H2,1-8H3/t24-,25+,26-,27+,28-,29-,30+,31-,32+,33+,34-,35-,36+,37-,38+,39+,40+,41+,42-,43+,44-,45+,46-,47-,49-,50-,51+,52+/m1/s1. The zero-order chi connectivity index (χ0) is 53.5. The Balaban J connectivity index is 1.01. The molecule has 0 aromatic carbocycles. The molecule has 4 saturated carbocycles. The molecule has 8 rings (SSSR count). The van der Waals surface area contributed by atoms with Crippen molar-refractivity contribution in [2.45, 2.75) is 242 Å². The smallest absolute Gasteiger partial charge is 0.187 e. The molecule has 4 aliphatic carbocycles. The van der Waals surface area contributed by atoms with E-state index in [2.05, 4.69) is 40.7 Å². The lowest BCUT2D eigenvalue weighted by Gasteiger charge is -2.71. The van der Waals surface area contributed by atoms with Crippen molar-refractivity contribution in [1.82, 2.24) is 0 Å². The number of fused-ring (bicyclic) bond motifs is 5. The van der Waals surface area contributed by atoms with E-state index in [1.165, 1.54) is 0 Å². The van der Waals surface area contributed by atoms with Gasteiger partial charge in [0.15, 0.2) is 25.2 Å². The summed E-state index contributed by atoms with van der Waals surface area (Å²) in [7, 11) is 0. The summed E-state index contributed by atoms with van der Waals surface area (Å²) in [5, 5.41) is 141. The largest absolute Gasteiger partial charge is 0.394 e. The predicted octanol–water partition coefficient (Wildman–Crippen LogP) is -0.924. The van der Waals surface area contributed by atoms with E-state index in [4.69, 9.17) is 37.9 Å². The number of allylic oxidation sites excluding steroid dienone is 2. The maximum atomic E-state index is 12.8. The molecule has 0 spiro atoms. The molecule has 422 valence electrons. The lowest BCUT2D eigenvalue weighted by Crippen LogP contribution is -2.68. The second-order valence-electron chi connectivity index (χ2n) is 24.8. The molecule has 4 saturated heterocycles. The zero-order valence-electron chi connectivity index (χ0n) is 43.7. The Morgan fingerprint density at radius 3 is 1.84 bits per heavy atom. The maximum absolute atomic E-state index is 12.8. The molecule has 4 aliphatic heterocycles. The Kier molecular flexibility index (Phi) is 17.4. The number of aliphatic hydroxyl groups is 13. The van der Waals surface area contributed by atoms with E-state index in [1.54, 1.807) is 0 Å². The first-order valence-electron chi connectivity index (χ1n) is 26.7. The molecule has 28 atom stereocenters. The quantitative estimate of drug-likeness (QED) is 0.0739. The normalized spacial score (nSPS) is 52.8. The summed E-state index contributed by atoms with van der Waals surface area (Å²) in [5.41, 5.74) is -1.35. The van der Waals surface area contributed by atoms with E-state index in [9.17, 15) is 66.4 Å². The van der Waals surface area contributed by atoms with Gasteiger partial charge in [0.2, 0.25) is 0 Å². The highest BCUT2D eigenvalue weighted by Gasteiger charge is 2.72. The molecule has 0 bridgehead atoms. The van der Waals surface area contributed by atoms with Gasteiger partial charge in [0.25, 0.3) is 0 Å². The molecule has 0 amide bonds. The fourth-order valence-electron chi connectivity index (χ4n) is 15.7. The number of hydrogen-bond acceptors (Lipinski definition) is 21. The molecule has 0 aromatic heterocycles. The van der Waals surface area contributed by atoms with Crippen molar-refractivity contribution in [2.75, 3.05) is 26.4 Å². The highest BCUT2D eigenvalue weighted by atomic mass is 16.8. The molecule has 73 heavy (non-hydrogen) atoms. The number of aliphatic hydroxyl groups excluding tert-OH is 13. The zero-order valence-corrected chi connectivity index (χ0v) is 43.7. The average Bonchev–Trinajstić information content (AvgIpc) is 3.72. The van der Waals surface area contributed by atoms with Gasteiger partial charge in [-0.3, -0.25) is 0 Å². The lowest BCUT2D eigenvalue weighted by atomic mass is 9.35. The molecule has 21 nitrogen and oxygen atoms in total. The first-order valence-corrected chi connectivity index (χ1v) is 26.7. The van der Waals surface area contributed by atoms with Crippen LogP contribution in [0.5, 0.6) is 0 Å². The van der Waals surface area contributed by atoms with Gasteiger partial charge in [-0.15, -0.1) is 0 Å². The van der Waals surface area contributed by atoms with E-state index in [0.29, 0.717) is 32.1 Å². The Morgan fingerprint density at radius 1 is 0.603 bits per heavy atom. The summed E-state index contributed by atoms with van der Waals surface area (Å²) in [6.45, 7) is 15.6. The van der Waals surface area contributed by atoms with Crippen LogP contribution in [-0.2, 0) is 37.9 Å². The van der Waals surface area contributed by atoms with Crippen LogP contribution in [0.4, 0.5) is 0 Å². The Hall–Kier alpha value is -1.10. The van der Waals surface area contributed by atoms with Crippen molar-refractivity contribution in [3.05, 3.63) is 11.6 Å². The Bertz CT molecular complexity index is 1890. The van der Waals surface area contributed by atoms with Crippen molar-refractivity contribution >= 4 is 0 Å². The third kappa shape index (κ3) is 10.3. The summed E-state index contributed by atoms with van der Waals surface area (Å²) in [4.78, 5) is 0. The summed E-state index contributed by atoms with van der Waals surface area (Å²) in [6, 6.07) is 0. The molecule has 0 radical (unpaired) electrons. The molecule has 0 aromatic rings. The molecule has 13 N–H and O–H groups in total. The Labute approximate surface area is 428 Å². The van der Waals surface area contributed by atoms with Crippen LogP contribution in [0.25, 0.3) is 0 Å². The fourth-order valence-corrected chi connectivity index (χ4v) is 15.7. The van der Waals surface area contributed by atoms with Crippen LogP contribution in [-0.4, -0.2) is 221 Å². The fraction of sp³-hybridized carbons (Fsp3) is 0.962. The molecule has 21 heteroatoms. The topological polar surface area (TPSA) is 337 Å². The van der Waals surface area contributed by atoms with Crippen LogP contribution in [0.2, 0.25) is 0 Å². The molecular weight excluding hydrogens is 961 g/mol. The van der Waals surface area contributed by atoms with E-state index < -0.39 is 147 Å². The van der Waals surface area contributed by atoms with Crippen molar-refractivity contribution in [3.63, 3.8) is 0 Å². The van der Waals surface area contributed by atoms with Gasteiger partial charge in [-0.2, -0.15) is 0 Å². The SMILES string of the molecule is CC(C)=CCC[C@](C)(O[C@H]1O[C@H](CO[C@H]2OC[C@@H](O)[C@@H](O)[C@@H]2O)[C@@H](O)[C@H](O)[C@H]1O)[C@@H]1CC[C@@]2(C)[C@@H]1[C@@H](O)C[C@@H]1[C@]3(C)CC[C@H](O[C@H]4O[C@H](CO)[C@H](O)[C@H](O)[C@@H]4O[C@@H]4OC[C@H](O)[C@@H](O)[C@@H]4O)C(C)(C)[C@@H]3CC[C@]12C. The van der Waals surface area contributed by atoms with Crippen molar-refractivity contribution < 1.29 is 104 Å². The van der Waals surface area contributed by atoms with Gasteiger partial charge < -0.3 is 104 Å². The van der Waals surface area contributed by atoms with Crippen LogP contribution < -0.4 is 0 Å². The first kappa shape index (κ1) is 58.1. The first-order chi connectivity index (χ1) is 34.1. The van der Waals surface area contributed by atoms with E-state index in [-0.39, 0.29) is 53.1 Å². The second-order valence-corrected chi connectivity index (χ2v) is 24.8. The highest BCUT2D eigenvalue weighted by Crippen LogP contribution is 2.76. The maximum Gasteiger partial charge on any atom is 0.187 e. The van der Waals surface area contributed by atoms with Crippen molar-refractivity contribution in [1.29, 1.82) is 0 Å². The van der Waals surface area contributed by atoms with Gasteiger partial charge in [-0.25, -0.2) is 0 Å². The van der Waals surface area contributed by atoms with Gasteiger partial charge in [0.05, 0.1) is 44.2 Å². The number of hydrogen-bond donors (Lipinski definition) is 13. The van der Waals surface area contributed by atoms with E-state index in [0.717, 1.165) is 31.3 Å². The van der Waals surface area contributed by atoms with Gasteiger partial charge in [0, 0.05) is 0 Å². The molecular formula is C52H88O21. The number of ether oxygens (including phenoxy) is 8. The van der Waals surface area contributed by atoms with Gasteiger partial charge in [-0.05, 0) is 124 Å². The van der Waals surface area contributed by atoms with Crippen molar-refractivity contribution in [2.24, 2.45) is 45.3 Å². The van der Waals surface area contributed by atoms with Crippen LogP contribution >= 0.6 is 0 Å².